The summed E-state index contributed by atoms with van der Waals surface area (Å²) in [4.78, 5) is 37.8. The summed E-state index contributed by atoms with van der Waals surface area (Å²) >= 11 is 0. The lowest BCUT2D eigenvalue weighted by atomic mass is 9.84. The number of piperazine rings is 1. The molecule has 0 radical (unpaired) electrons. The van der Waals surface area contributed by atoms with Gasteiger partial charge in [-0.05, 0) is 44.0 Å². The molecule has 0 bridgehead atoms. The average molecular weight is 503 g/mol. The molecule has 1 atom stereocenters. The molecule has 1 amide bonds. The fourth-order valence-electron chi connectivity index (χ4n) is 5.28. The highest BCUT2D eigenvalue weighted by Crippen LogP contribution is 2.37. The van der Waals surface area contributed by atoms with Gasteiger partial charge in [-0.15, -0.1) is 0 Å². The topological polar surface area (TPSA) is 92.6 Å². The summed E-state index contributed by atoms with van der Waals surface area (Å²) in [5, 5.41) is 4.22. The van der Waals surface area contributed by atoms with Crippen molar-refractivity contribution in [1.29, 1.82) is 0 Å². The molecule has 2 saturated heterocycles. The third kappa shape index (κ3) is 4.65. The third-order valence-corrected chi connectivity index (χ3v) is 7.53. The number of aromatic nitrogens is 3. The predicted octanol–water partition coefficient (Wildman–Crippen LogP) is 3.10. The lowest BCUT2D eigenvalue weighted by Gasteiger charge is -2.52. The number of benzene rings is 1. The second kappa shape index (κ2) is 10.1. The van der Waals surface area contributed by atoms with Crippen molar-refractivity contribution in [1.82, 2.24) is 24.3 Å². The molecule has 37 heavy (non-hydrogen) atoms. The Bertz CT molecular complexity index is 1350. The highest BCUT2D eigenvalue weighted by molar-refractivity contribution is 5.87. The molecule has 5 rings (SSSR count). The maximum absolute atomic E-state index is 12.4. The zero-order valence-electron chi connectivity index (χ0n) is 21.7. The molecule has 9 heteroatoms. The Morgan fingerprint density at radius 1 is 1.08 bits per heavy atom. The number of anilines is 1. The molecule has 2 aliphatic heterocycles. The van der Waals surface area contributed by atoms with Gasteiger partial charge in [0, 0.05) is 49.9 Å². The van der Waals surface area contributed by atoms with Crippen LogP contribution in [0.25, 0.3) is 11.0 Å². The van der Waals surface area contributed by atoms with Crippen molar-refractivity contribution in [2.45, 2.75) is 38.4 Å². The Morgan fingerprint density at radius 2 is 1.78 bits per heavy atom. The first-order valence-electron chi connectivity index (χ1n) is 12.8. The molecule has 0 aliphatic carbocycles. The van der Waals surface area contributed by atoms with E-state index in [1.807, 2.05) is 18.7 Å². The molecule has 1 aromatic carbocycles. The Kier molecular flexibility index (Phi) is 6.83. The number of ether oxygens (including phenoxy) is 1. The van der Waals surface area contributed by atoms with Gasteiger partial charge in [-0.3, -0.25) is 19.1 Å². The zero-order chi connectivity index (χ0) is 26.2. The van der Waals surface area contributed by atoms with E-state index >= 15 is 0 Å². The van der Waals surface area contributed by atoms with Gasteiger partial charge in [0.2, 0.25) is 11.9 Å². The summed E-state index contributed by atoms with van der Waals surface area (Å²) in [5.74, 6) is 0.479. The summed E-state index contributed by atoms with van der Waals surface area (Å²) in [5.41, 5.74) is 2.74. The van der Waals surface area contributed by atoms with Crippen LogP contribution in [0.2, 0.25) is 0 Å². The van der Waals surface area contributed by atoms with Gasteiger partial charge in [-0.25, -0.2) is 4.98 Å². The van der Waals surface area contributed by atoms with Gasteiger partial charge in [-0.2, -0.15) is 4.98 Å². The molecule has 0 saturated carbocycles. The van der Waals surface area contributed by atoms with Crippen molar-refractivity contribution in [3.05, 3.63) is 76.7 Å². The number of nitrogens with zero attached hydrogens (tertiary/aromatic N) is 5. The van der Waals surface area contributed by atoms with Crippen LogP contribution in [0.3, 0.4) is 0 Å². The van der Waals surface area contributed by atoms with Gasteiger partial charge >= 0.3 is 0 Å². The average Bonchev–Trinajstić information content (AvgIpc) is 2.88. The van der Waals surface area contributed by atoms with E-state index in [0.717, 1.165) is 24.0 Å². The Balaban J connectivity index is 1.31. The van der Waals surface area contributed by atoms with E-state index in [0.29, 0.717) is 37.9 Å². The number of fused-ring (bicyclic) bond motifs is 1. The first-order valence-corrected chi connectivity index (χ1v) is 12.8. The van der Waals surface area contributed by atoms with Crippen molar-refractivity contribution in [2.24, 2.45) is 0 Å². The summed E-state index contributed by atoms with van der Waals surface area (Å²) in [6.07, 6.45) is 3.14. The van der Waals surface area contributed by atoms with Crippen LogP contribution in [0.15, 0.2) is 60.0 Å². The molecule has 2 aliphatic rings. The van der Waals surface area contributed by atoms with E-state index in [9.17, 15) is 9.59 Å². The SMILES string of the molecule is C=CC(=O)N1CCN(C2(c3ccc([C@H](C)Nc4ncc5ccc(=O)n(C(C)C)c5n4)cc3)COC2)CC1. The van der Waals surface area contributed by atoms with Crippen LogP contribution in [0.4, 0.5) is 5.95 Å². The zero-order valence-corrected chi connectivity index (χ0v) is 21.7. The predicted molar refractivity (Wildman–Crippen MR) is 144 cm³/mol. The number of carbonyl (C=O) groups is 1. The van der Waals surface area contributed by atoms with Crippen molar-refractivity contribution in [3.8, 4) is 0 Å². The molecule has 1 N–H and O–H groups in total. The number of hydrogen-bond acceptors (Lipinski definition) is 7. The van der Waals surface area contributed by atoms with E-state index in [2.05, 4.69) is 58.0 Å². The highest BCUT2D eigenvalue weighted by Gasteiger charge is 2.46. The number of amides is 1. The van der Waals surface area contributed by atoms with E-state index in [1.165, 1.54) is 11.6 Å². The summed E-state index contributed by atoms with van der Waals surface area (Å²) in [6, 6.07) is 11.9. The van der Waals surface area contributed by atoms with Gasteiger partial charge in [-0.1, -0.05) is 30.8 Å². The molecule has 194 valence electrons. The number of carbonyl (C=O) groups excluding carboxylic acids is 1. The number of hydrogen-bond donors (Lipinski definition) is 1. The quantitative estimate of drug-likeness (QED) is 0.497. The van der Waals surface area contributed by atoms with Crippen LogP contribution in [0.5, 0.6) is 0 Å². The summed E-state index contributed by atoms with van der Waals surface area (Å²) in [7, 11) is 0. The normalized spacial score (nSPS) is 18.4. The van der Waals surface area contributed by atoms with Crippen LogP contribution < -0.4 is 10.9 Å². The molecule has 2 aromatic heterocycles. The second-order valence-corrected chi connectivity index (χ2v) is 10.1. The van der Waals surface area contributed by atoms with Crippen molar-refractivity contribution in [2.75, 3.05) is 44.7 Å². The van der Waals surface area contributed by atoms with Crippen LogP contribution in [0, 0.1) is 0 Å². The van der Waals surface area contributed by atoms with Crippen molar-refractivity contribution >= 4 is 22.9 Å². The maximum Gasteiger partial charge on any atom is 0.252 e. The van der Waals surface area contributed by atoms with Crippen LogP contribution in [-0.4, -0.2) is 69.6 Å². The minimum absolute atomic E-state index is 0.00262. The summed E-state index contributed by atoms with van der Waals surface area (Å²) in [6.45, 7) is 13.9. The second-order valence-electron chi connectivity index (χ2n) is 10.1. The standard InChI is InChI=1S/C28H34N6O3/c1-5-24(35)32-12-14-33(15-13-32)28(17-37-18-28)23-9-6-21(7-10-23)20(4)30-27-29-16-22-8-11-25(36)34(19(2)3)26(22)31-27/h5-11,16,19-20H,1,12-15,17-18H2,2-4H3,(H,29,30,31)/t20-/m0/s1. The maximum atomic E-state index is 12.4. The van der Waals surface area contributed by atoms with Crippen LogP contribution >= 0.6 is 0 Å². The van der Waals surface area contributed by atoms with E-state index in [4.69, 9.17) is 4.74 Å². The lowest BCUT2D eigenvalue weighted by molar-refractivity contribution is -0.159. The minimum atomic E-state index is -0.152. The fourth-order valence-corrected chi connectivity index (χ4v) is 5.28. The molecule has 4 heterocycles. The van der Waals surface area contributed by atoms with Gasteiger partial charge < -0.3 is 15.0 Å². The number of rotatable bonds is 7. The van der Waals surface area contributed by atoms with Crippen LogP contribution in [0.1, 0.15) is 44.0 Å². The fraction of sp³-hybridized carbons (Fsp3) is 0.429. The van der Waals surface area contributed by atoms with Gasteiger partial charge in [0.25, 0.3) is 5.56 Å². The van der Waals surface area contributed by atoms with E-state index in [-0.39, 0.29) is 29.1 Å². The molecule has 0 spiro atoms. The minimum Gasteiger partial charge on any atom is -0.377 e. The first kappa shape index (κ1) is 25.1. The Hall–Kier alpha value is -3.56. The van der Waals surface area contributed by atoms with Gasteiger partial charge in [0.05, 0.1) is 24.8 Å². The highest BCUT2D eigenvalue weighted by atomic mass is 16.5. The summed E-state index contributed by atoms with van der Waals surface area (Å²) < 4.78 is 7.37. The molecule has 3 aromatic rings. The van der Waals surface area contributed by atoms with Crippen molar-refractivity contribution in [3.63, 3.8) is 0 Å². The molecule has 0 unspecified atom stereocenters. The van der Waals surface area contributed by atoms with E-state index < -0.39 is 0 Å². The molecule has 2 fully saturated rings. The molecular weight excluding hydrogens is 468 g/mol. The van der Waals surface area contributed by atoms with E-state index in [1.54, 1.807) is 22.9 Å². The number of nitrogens with one attached hydrogen (secondary N) is 1. The Morgan fingerprint density at radius 3 is 2.38 bits per heavy atom. The number of pyridine rings is 1. The molecular formula is C28H34N6O3. The monoisotopic (exact) mass is 502 g/mol. The molecule has 9 nitrogen and oxygen atoms in total. The largest absolute Gasteiger partial charge is 0.377 e. The van der Waals surface area contributed by atoms with Crippen molar-refractivity contribution < 1.29 is 9.53 Å². The Labute approximate surface area is 216 Å². The van der Waals surface area contributed by atoms with Crippen LogP contribution in [-0.2, 0) is 15.1 Å². The smallest absolute Gasteiger partial charge is 0.252 e. The lowest BCUT2D eigenvalue weighted by Crippen LogP contribution is -2.64. The third-order valence-electron chi connectivity index (χ3n) is 7.53. The van der Waals surface area contributed by atoms with Gasteiger partial charge in [0.1, 0.15) is 5.65 Å². The van der Waals surface area contributed by atoms with Gasteiger partial charge in [0.15, 0.2) is 0 Å². The first-order chi connectivity index (χ1) is 17.8.